The van der Waals surface area contributed by atoms with Crippen molar-refractivity contribution in [1.29, 1.82) is 0 Å². The first kappa shape index (κ1) is 12.2. The van der Waals surface area contributed by atoms with Gasteiger partial charge in [0.25, 0.3) is 0 Å². The van der Waals surface area contributed by atoms with Gasteiger partial charge in [-0.2, -0.15) is 0 Å². The molecular weight excluding hydrogens is 164 g/mol. The molecule has 0 fully saturated rings. The molecular formula is C11H20O2. The van der Waals surface area contributed by atoms with Gasteiger partial charge in [0.05, 0.1) is 13.4 Å². The molecule has 0 rings (SSSR count). The fourth-order valence-corrected chi connectivity index (χ4v) is 1.13. The van der Waals surface area contributed by atoms with Crippen LogP contribution in [0.1, 0.15) is 45.4 Å². The van der Waals surface area contributed by atoms with Crippen LogP contribution >= 0.6 is 0 Å². The molecule has 0 aromatic carbocycles. The van der Waals surface area contributed by atoms with E-state index >= 15 is 0 Å². The molecule has 0 saturated heterocycles. The Bertz CT molecular complexity index is 150. The fraction of sp³-hybridized carbons (Fsp3) is 0.727. The molecule has 0 radical (unpaired) electrons. The number of allylic oxidation sites excluding steroid dienone is 1. The van der Waals surface area contributed by atoms with Crippen LogP contribution in [0.15, 0.2) is 12.3 Å². The highest BCUT2D eigenvalue weighted by Gasteiger charge is 1.96. The lowest BCUT2D eigenvalue weighted by Crippen LogP contribution is -1.92. The van der Waals surface area contributed by atoms with E-state index in [1.165, 1.54) is 38.0 Å². The molecule has 2 heteroatoms. The van der Waals surface area contributed by atoms with Crippen LogP contribution in [-0.4, -0.2) is 12.9 Å². The average Bonchev–Trinajstić information content (AvgIpc) is 2.14. The molecule has 0 amide bonds. The standard InChI is InChI=1S/C11H20O2/c1-3-4-5-6-7-8-11(12)9-10-13-2/h9-10H,3-8H2,1-2H3/b10-9+. The molecule has 0 unspecified atom stereocenters. The number of carbonyl (C=O) groups is 1. The molecule has 2 nitrogen and oxygen atoms in total. The molecule has 0 aliphatic carbocycles. The molecule has 0 atom stereocenters. The molecule has 0 aliphatic rings. The molecule has 0 heterocycles. The van der Waals surface area contributed by atoms with Crippen LogP contribution in [0.2, 0.25) is 0 Å². The van der Waals surface area contributed by atoms with Gasteiger partial charge in [-0.1, -0.05) is 32.6 Å². The molecule has 0 aromatic rings. The molecule has 0 bridgehead atoms. The Morgan fingerprint density at radius 1 is 1.23 bits per heavy atom. The number of carbonyl (C=O) groups excluding carboxylic acids is 1. The highest BCUT2D eigenvalue weighted by molar-refractivity contribution is 5.89. The van der Waals surface area contributed by atoms with Gasteiger partial charge in [-0.15, -0.1) is 0 Å². The van der Waals surface area contributed by atoms with Gasteiger partial charge in [-0.05, 0) is 6.42 Å². The van der Waals surface area contributed by atoms with Crippen LogP contribution in [0.25, 0.3) is 0 Å². The zero-order chi connectivity index (χ0) is 9.94. The van der Waals surface area contributed by atoms with E-state index in [0.29, 0.717) is 6.42 Å². The minimum atomic E-state index is 0.165. The quantitative estimate of drug-likeness (QED) is 0.329. The van der Waals surface area contributed by atoms with Crippen molar-refractivity contribution < 1.29 is 9.53 Å². The molecule has 0 N–H and O–H groups in total. The van der Waals surface area contributed by atoms with Gasteiger partial charge in [-0.3, -0.25) is 4.79 Å². The largest absolute Gasteiger partial charge is 0.504 e. The molecule has 0 aliphatic heterocycles. The zero-order valence-corrected chi connectivity index (χ0v) is 8.71. The van der Waals surface area contributed by atoms with Crippen molar-refractivity contribution in [2.45, 2.75) is 45.4 Å². The smallest absolute Gasteiger partial charge is 0.158 e. The van der Waals surface area contributed by atoms with E-state index in [4.69, 9.17) is 0 Å². The van der Waals surface area contributed by atoms with Gasteiger partial charge < -0.3 is 4.74 Å². The fourth-order valence-electron chi connectivity index (χ4n) is 1.13. The van der Waals surface area contributed by atoms with E-state index in [1.807, 2.05) is 0 Å². The number of rotatable bonds is 8. The molecule has 13 heavy (non-hydrogen) atoms. The maximum Gasteiger partial charge on any atom is 0.158 e. The summed E-state index contributed by atoms with van der Waals surface area (Å²) >= 11 is 0. The third-order valence-corrected chi connectivity index (χ3v) is 1.92. The average molecular weight is 184 g/mol. The summed E-state index contributed by atoms with van der Waals surface area (Å²) in [5.74, 6) is 0.165. The number of methoxy groups -OCH3 is 1. The van der Waals surface area contributed by atoms with Crippen molar-refractivity contribution in [2.75, 3.05) is 7.11 Å². The van der Waals surface area contributed by atoms with Crippen molar-refractivity contribution in [3.8, 4) is 0 Å². The second-order valence-corrected chi connectivity index (χ2v) is 3.17. The minimum Gasteiger partial charge on any atom is -0.504 e. The van der Waals surface area contributed by atoms with Gasteiger partial charge in [0, 0.05) is 12.5 Å². The predicted molar refractivity (Wildman–Crippen MR) is 54.5 cm³/mol. The summed E-state index contributed by atoms with van der Waals surface area (Å²) in [4.78, 5) is 11.1. The van der Waals surface area contributed by atoms with E-state index in [0.717, 1.165) is 6.42 Å². The zero-order valence-electron chi connectivity index (χ0n) is 8.71. The molecule has 76 valence electrons. The summed E-state index contributed by atoms with van der Waals surface area (Å²) in [6.45, 7) is 2.19. The minimum absolute atomic E-state index is 0.165. The van der Waals surface area contributed by atoms with Crippen molar-refractivity contribution in [2.24, 2.45) is 0 Å². The Morgan fingerprint density at radius 3 is 2.54 bits per heavy atom. The number of unbranched alkanes of at least 4 members (excludes halogenated alkanes) is 4. The monoisotopic (exact) mass is 184 g/mol. The second kappa shape index (κ2) is 9.30. The van der Waals surface area contributed by atoms with Gasteiger partial charge >= 0.3 is 0 Å². The van der Waals surface area contributed by atoms with E-state index in [1.54, 1.807) is 7.11 Å². The van der Waals surface area contributed by atoms with Crippen LogP contribution in [0.5, 0.6) is 0 Å². The molecule has 0 aromatic heterocycles. The maximum atomic E-state index is 11.1. The normalized spacial score (nSPS) is 10.6. The lowest BCUT2D eigenvalue weighted by Gasteiger charge is -1.97. The predicted octanol–water partition coefficient (Wildman–Crippen LogP) is 3.08. The van der Waals surface area contributed by atoms with E-state index < -0.39 is 0 Å². The summed E-state index contributed by atoms with van der Waals surface area (Å²) in [7, 11) is 1.55. The number of hydrogen-bond donors (Lipinski definition) is 0. The van der Waals surface area contributed by atoms with Crippen LogP contribution in [-0.2, 0) is 9.53 Å². The Labute approximate surface area is 81.0 Å². The highest BCUT2D eigenvalue weighted by Crippen LogP contribution is 2.05. The summed E-state index contributed by atoms with van der Waals surface area (Å²) in [5.41, 5.74) is 0. The van der Waals surface area contributed by atoms with E-state index in [9.17, 15) is 4.79 Å². The third-order valence-electron chi connectivity index (χ3n) is 1.92. The van der Waals surface area contributed by atoms with Crippen molar-refractivity contribution in [3.63, 3.8) is 0 Å². The Kier molecular flexibility index (Phi) is 8.73. The first-order chi connectivity index (χ1) is 6.31. The van der Waals surface area contributed by atoms with Crippen LogP contribution in [0.3, 0.4) is 0 Å². The van der Waals surface area contributed by atoms with Crippen molar-refractivity contribution in [3.05, 3.63) is 12.3 Å². The third kappa shape index (κ3) is 9.12. The van der Waals surface area contributed by atoms with Crippen molar-refractivity contribution in [1.82, 2.24) is 0 Å². The summed E-state index contributed by atoms with van der Waals surface area (Å²) < 4.78 is 4.66. The number of hydrogen-bond acceptors (Lipinski definition) is 2. The van der Waals surface area contributed by atoms with E-state index in [-0.39, 0.29) is 5.78 Å². The lowest BCUT2D eigenvalue weighted by atomic mass is 10.1. The van der Waals surface area contributed by atoms with E-state index in [2.05, 4.69) is 11.7 Å². The summed E-state index contributed by atoms with van der Waals surface area (Å²) in [5, 5.41) is 0. The Morgan fingerprint density at radius 2 is 1.92 bits per heavy atom. The van der Waals surface area contributed by atoms with Crippen LogP contribution < -0.4 is 0 Å². The van der Waals surface area contributed by atoms with Gasteiger partial charge in [0.1, 0.15) is 0 Å². The Hall–Kier alpha value is -0.790. The van der Waals surface area contributed by atoms with Gasteiger partial charge in [0.15, 0.2) is 5.78 Å². The molecule has 0 spiro atoms. The van der Waals surface area contributed by atoms with Crippen molar-refractivity contribution >= 4 is 5.78 Å². The lowest BCUT2D eigenvalue weighted by molar-refractivity contribution is -0.114. The first-order valence-electron chi connectivity index (χ1n) is 5.03. The maximum absolute atomic E-state index is 11.1. The van der Waals surface area contributed by atoms with Crippen LogP contribution in [0.4, 0.5) is 0 Å². The number of ketones is 1. The SMILES string of the molecule is CCCCCCCC(=O)/C=C/OC. The molecule has 0 saturated carbocycles. The first-order valence-corrected chi connectivity index (χ1v) is 5.03. The van der Waals surface area contributed by atoms with Gasteiger partial charge in [0.2, 0.25) is 0 Å². The highest BCUT2D eigenvalue weighted by atomic mass is 16.5. The van der Waals surface area contributed by atoms with Gasteiger partial charge in [-0.25, -0.2) is 0 Å². The number of ether oxygens (including phenoxy) is 1. The second-order valence-electron chi connectivity index (χ2n) is 3.17. The summed E-state index contributed by atoms with van der Waals surface area (Å²) in [6.07, 6.45) is 9.54. The summed E-state index contributed by atoms with van der Waals surface area (Å²) in [6, 6.07) is 0. The Balaban J connectivity index is 3.22. The topological polar surface area (TPSA) is 26.3 Å². The van der Waals surface area contributed by atoms with Crippen LogP contribution in [0, 0.1) is 0 Å².